The third-order valence-electron chi connectivity index (χ3n) is 11.7. The maximum atomic E-state index is 2.44. The minimum Gasteiger partial charge on any atom is -0.310 e. The molecule has 0 saturated carbocycles. The molecule has 0 aromatic heterocycles. The lowest BCUT2D eigenvalue weighted by Crippen LogP contribution is -2.16. The van der Waals surface area contributed by atoms with E-state index in [0.29, 0.717) is 0 Å². The van der Waals surface area contributed by atoms with Crippen molar-refractivity contribution in [1.82, 2.24) is 0 Å². The van der Waals surface area contributed by atoms with Crippen LogP contribution in [0.5, 0.6) is 0 Å². The highest BCUT2D eigenvalue weighted by Crippen LogP contribution is 2.54. The molecule has 1 nitrogen and oxygen atoms in total. The fraction of sp³-hybridized carbons (Fsp3) is 0.0545. The molecule has 266 valence electrons. The standard InChI is InChI=1S/C55H41N/c1-55(2)51-20-11-10-19-50(51)54-52(55)21-12-22-53(54)56(47-35-31-43(32-36-47)49-18-9-8-17-48(49)42-14-4-3-5-15-42)46-33-29-40(30-34-46)39-23-25-41(26-24-39)45-28-27-38-13-6-7-16-44(38)37-45/h3-37H,1-2H3. The van der Waals surface area contributed by atoms with E-state index in [1.165, 1.54) is 83.2 Å². The SMILES string of the molecule is CC1(C)c2ccccc2-c2c(N(c3ccc(-c4ccc(-c5ccc6ccccc6c5)cc4)cc3)c3ccc(-c4ccccc4-c4ccccc4)cc3)cccc21. The molecule has 0 N–H and O–H groups in total. The molecule has 1 aliphatic rings. The first-order valence-corrected chi connectivity index (χ1v) is 19.5. The molecular weight excluding hydrogens is 675 g/mol. The molecular formula is C55H41N. The van der Waals surface area contributed by atoms with Gasteiger partial charge in [0, 0.05) is 22.4 Å². The molecule has 0 spiro atoms. The summed E-state index contributed by atoms with van der Waals surface area (Å²) in [4.78, 5) is 2.44. The maximum Gasteiger partial charge on any atom is 0.0543 e. The van der Waals surface area contributed by atoms with Crippen molar-refractivity contribution in [3.8, 4) is 55.6 Å². The van der Waals surface area contributed by atoms with Crippen molar-refractivity contribution >= 4 is 27.8 Å². The Bertz CT molecular complexity index is 2850. The van der Waals surface area contributed by atoms with Gasteiger partial charge in [-0.3, -0.25) is 0 Å². The molecule has 9 aromatic rings. The molecule has 0 aliphatic heterocycles. The van der Waals surface area contributed by atoms with Crippen molar-refractivity contribution in [1.29, 1.82) is 0 Å². The second kappa shape index (κ2) is 13.7. The molecule has 0 bridgehead atoms. The van der Waals surface area contributed by atoms with Crippen molar-refractivity contribution in [2.75, 3.05) is 4.90 Å². The lowest BCUT2D eigenvalue weighted by atomic mass is 9.82. The molecule has 1 aliphatic carbocycles. The van der Waals surface area contributed by atoms with Gasteiger partial charge in [0.05, 0.1) is 5.69 Å². The average Bonchev–Trinajstić information content (AvgIpc) is 3.51. The molecule has 0 radical (unpaired) electrons. The highest BCUT2D eigenvalue weighted by Gasteiger charge is 2.37. The average molecular weight is 716 g/mol. The van der Waals surface area contributed by atoms with Crippen LogP contribution >= 0.6 is 0 Å². The van der Waals surface area contributed by atoms with Gasteiger partial charge in [0.2, 0.25) is 0 Å². The Hall–Kier alpha value is -6.96. The Morgan fingerprint density at radius 1 is 0.321 bits per heavy atom. The molecule has 0 saturated heterocycles. The molecule has 56 heavy (non-hydrogen) atoms. The lowest BCUT2D eigenvalue weighted by Gasteiger charge is -2.29. The highest BCUT2D eigenvalue weighted by atomic mass is 15.1. The van der Waals surface area contributed by atoms with E-state index in [-0.39, 0.29) is 5.41 Å². The van der Waals surface area contributed by atoms with Crippen LogP contribution in [0.2, 0.25) is 0 Å². The van der Waals surface area contributed by atoms with Crippen molar-refractivity contribution in [3.05, 3.63) is 223 Å². The number of hydrogen-bond acceptors (Lipinski definition) is 1. The Kier molecular flexibility index (Phi) is 8.23. The summed E-state index contributed by atoms with van der Waals surface area (Å²) in [6, 6.07) is 77.5. The van der Waals surface area contributed by atoms with Crippen LogP contribution in [0.4, 0.5) is 17.1 Å². The zero-order valence-corrected chi connectivity index (χ0v) is 31.7. The van der Waals surface area contributed by atoms with Crippen LogP contribution in [-0.4, -0.2) is 0 Å². The van der Waals surface area contributed by atoms with Crippen molar-refractivity contribution in [3.63, 3.8) is 0 Å². The van der Waals surface area contributed by atoms with Crippen molar-refractivity contribution in [2.45, 2.75) is 19.3 Å². The predicted molar refractivity (Wildman–Crippen MR) is 238 cm³/mol. The molecule has 0 fully saturated rings. The summed E-state index contributed by atoms with van der Waals surface area (Å²) in [5.74, 6) is 0. The summed E-state index contributed by atoms with van der Waals surface area (Å²) >= 11 is 0. The topological polar surface area (TPSA) is 3.24 Å². The second-order valence-corrected chi connectivity index (χ2v) is 15.4. The number of rotatable bonds is 7. The van der Waals surface area contributed by atoms with Crippen LogP contribution in [-0.2, 0) is 5.41 Å². The van der Waals surface area contributed by atoms with E-state index in [1.54, 1.807) is 0 Å². The summed E-state index contributed by atoms with van der Waals surface area (Å²) in [6.45, 7) is 4.70. The van der Waals surface area contributed by atoms with Gasteiger partial charge < -0.3 is 4.90 Å². The van der Waals surface area contributed by atoms with E-state index < -0.39 is 0 Å². The van der Waals surface area contributed by atoms with Crippen LogP contribution in [0.3, 0.4) is 0 Å². The maximum absolute atomic E-state index is 2.44. The molecule has 1 heteroatoms. The van der Waals surface area contributed by atoms with E-state index >= 15 is 0 Å². The molecule has 0 unspecified atom stereocenters. The van der Waals surface area contributed by atoms with Gasteiger partial charge in [0.1, 0.15) is 0 Å². The van der Waals surface area contributed by atoms with Crippen molar-refractivity contribution in [2.24, 2.45) is 0 Å². The number of fused-ring (bicyclic) bond motifs is 4. The normalized spacial score (nSPS) is 12.6. The predicted octanol–water partition coefficient (Wildman–Crippen LogP) is 15.3. The fourth-order valence-corrected chi connectivity index (χ4v) is 8.77. The number of anilines is 3. The summed E-state index contributed by atoms with van der Waals surface area (Å²) in [7, 11) is 0. The summed E-state index contributed by atoms with van der Waals surface area (Å²) < 4.78 is 0. The van der Waals surface area contributed by atoms with Gasteiger partial charge in [-0.25, -0.2) is 0 Å². The zero-order chi connectivity index (χ0) is 37.6. The number of hydrogen-bond donors (Lipinski definition) is 0. The van der Waals surface area contributed by atoms with Gasteiger partial charge >= 0.3 is 0 Å². The van der Waals surface area contributed by atoms with Crippen LogP contribution < -0.4 is 4.90 Å². The quantitative estimate of drug-likeness (QED) is 0.159. The first-order valence-electron chi connectivity index (χ1n) is 19.5. The van der Waals surface area contributed by atoms with Gasteiger partial charge in [0.25, 0.3) is 0 Å². The minimum absolute atomic E-state index is 0.0958. The monoisotopic (exact) mass is 715 g/mol. The largest absolute Gasteiger partial charge is 0.310 e. The number of nitrogens with zero attached hydrogens (tertiary/aromatic N) is 1. The molecule has 0 atom stereocenters. The van der Waals surface area contributed by atoms with Crippen LogP contribution in [0.25, 0.3) is 66.4 Å². The van der Waals surface area contributed by atoms with Crippen molar-refractivity contribution < 1.29 is 0 Å². The fourth-order valence-electron chi connectivity index (χ4n) is 8.77. The smallest absolute Gasteiger partial charge is 0.0543 e. The van der Waals surface area contributed by atoms with Crippen LogP contribution in [0.1, 0.15) is 25.0 Å². The summed E-state index contributed by atoms with van der Waals surface area (Å²) in [5, 5.41) is 2.52. The third-order valence-corrected chi connectivity index (χ3v) is 11.7. The Morgan fingerprint density at radius 3 is 1.45 bits per heavy atom. The molecule has 0 heterocycles. The molecule has 9 aromatic carbocycles. The minimum atomic E-state index is -0.0958. The van der Waals surface area contributed by atoms with E-state index in [2.05, 4.69) is 231 Å². The van der Waals surface area contributed by atoms with Gasteiger partial charge in [0.15, 0.2) is 0 Å². The van der Waals surface area contributed by atoms with Gasteiger partial charge in [-0.15, -0.1) is 0 Å². The Balaban J connectivity index is 1.05. The second-order valence-electron chi connectivity index (χ2n) is 15.4. The van der Waals surface area contributed by atoms with E-state index in [9.17, 15) is 0 Å². The van der Waals surface area contributed by atoms with Crippen LogP contribution in [0.15, 0.2) is 212 Å². The molecule has 10 rings (SSSR count). The Morgan fingerprint density at radius 2 is 0.786 bits per heavy atom. The van der Waals surface area contributed by atoms with Crippen LogP contribution in [0, 0.1) is 0 Å². The highest BCUT2D eigenvalue weighted by molar-refractivity contribution is 5.96. The molecule has 0 amide bonds. The van der Waals surface area contributed by atoms with E-state index in [4.69, 9.17) is 0 Å². The summed E-state index contributed by atoms with van der Waals surface area (Å²) in [5.41, 5.74) is 18.4. The first kappa shape index (κ1) is 33.6. The van der Waals surface area contributed by atoms with E-state index in [1.807, 2.05) is 0 Å². The first-order chi connectivity index (χ1) is 27.5. The lowest BCUT2D eigenvalue weighted by molar-refractivity contribution is 0.660. The third kappa shape index (κ3) is 5.81. The zero-order valence-electron chi connectivity index (χ0n) is 31.7. The Labute approximate surface area is 329 Å². The van der Waals surface area contributed by atoms with Gasteiger partial charge in [-0.05, 0) is 108 Å². The van der Waals surface area contributed by atoms with Gasteiger partial charge in [-0.1, -0.05) is 190 Å². The summed E-state index contributed by atoms with van der Waals surface area (Å²) in [6.07, 6.45) is 0. The number of benzene rings is 9. The van der Waals surface area contributed by atoms with Gasteiger partial charge in [-0.2, -0.15) is 0 Å². The van der Waals surface area contributed by atoms with E-state index in [0.717, 1.165) is 11.4 Å².